The third-order valence-corrected chi connectivity index (χ3v) is 7.22. The highest BCUT2D eigenvalue weighted by Crippen LogP contribution is 2.28. The molecule has 0 atom stereocenters. The molecule has 0 fully saturated rings. The molecule has 0 saturated carbocycles. The van der Waals surface area contributed by atoms with Crippen LogP contribution in [0.25, 0.3) is 10.9 Å². The summed E-state index contributed by atoms with van der Waals surface area (Å²) in [7, 11) is 0.307. The van der Waals surface area contributed by atoms with E-state index in [0.717, 1.165) is 16.8 Å². The van der Waals surface area contributed by atoms with Crippen LogP contribution in [0.3, 0.4) is 0 Å². The maximum atomic E-state index is 13.3. The van der Waals surface area contributed by atoms with Gasteiger partial charge in [0.25, 0.3) is 0 Å². The second kappa shape index (κ2) is 9.11. The molecule has 0 aliphatic rings. The number of nitrogens with zero attached hydrogens (tertiary/aromatic N) is 2. The molecule has 0 unspecified atom stereocenters. The number of carbonyl (C=O) groups excluding carboxylic acids is 1. The van der Waals surface area contributed by atoms with Gasteiger partial charge in [0.2, 0.25) is 5.91 Å². The fraction of sp³-hybridized carbons (Fsp3) is 0.192. The molecule has 0 aliphatic heterocycles. The van der Waals surface area contributed by atoms with E-state index in [2.05, 4.69) is 5.32 Å². The molecule has 33 heavy (non-hydrogen) atoms. The molecular formula is C26H27N3O3S. The van der Waals surface area contributed by atoms with E-state index < -0.39 is 9.84 Å². The second-order valence-electron chi connectivity index (χ2n) is 8.38. The van der Waals surface area contributed by atoms with Crippen LogP contribution in [-0.4, -0.2) is 33.0 Å². The second-order valence-corrected chi connectivity index (χ2v) is 10.3. The number of fused-ring (bicyclic) bond motifs is 1. The fourth-order valence-electron chi connectivity index (χ4n) is 3.89. The van der Waals surface area contributed by atoms with Crippen LogP contribution in [0.5, 0.6) is 0 Å². The fourth-order valence-corrected chi connectivity index (χ4v) is 5.46. The number of anilines is 2. The molecule has 0 bridgehead atoms. The summed E-state index contributed by atoms with van der Waals surface area (Å²) >= 11 is 0. The minimum absolute atomic E-state index is 0.00983. The van der Waals surface area contributed by atoms with Crippen molar-refractivity contribution in [3.63, 3.8) is 0 Å². The lowest BCUT2D eigenvalue weighted by molar-refractivity contribution is -0.116. The summed E-state index contributed by atoms with van der Waals surface area (Å²) in [5.41, 5.74) is 4.19. The standard InChI is InChI=1S/C26H27N3O3S/c1-19-7-6-8-20(15-19)18-33(31,32)25-16-29(24-10-5-4-9-23(24)25)17-26(30)27-21-11-13-22(14-12-21)28(2)3/h4-16H,17-18H2,1-3H3,(H,27,30). The molecule has 1 heterocycles. The van der Waals surface area contributed by atoms with Gasteiger partial charge in [0, 0.05) is 42.6 Å². The Kier molecular flexibility index (Phi) is 6.24. The average molecular weight is 462 g/mol. The summed E-state index contributed by atoms with van der Waals surface area (Å²) in [6, 6.07) is 22.3. The number of nitrogens with one attached hydrogen (secondary N) is 1. The van der Waals surface area contributed by atoms with Gasteiger partial charge in [-0.1, -0.05) is 48.0 Å². The lowest BCUT2D eigenvalue weighted by Gasteiger charge is -2.13. The van der Waals surface area contributed by atoms with Crippen molar-refractivity contribution in [2.45, 2.75) is 24.1 Å². The van der Waals surface area contributed by atoms with E-state index >= 15 is 0 Å². The molecule has 4 rings (SSSR count). The van der Waals surface area contributed by atoms with Gasteiger partial charge in [-0.3, -0.25) is 4.79 Å². The van der Waals surface area contributed by atoms with Gasteiger partial charge in [0.05, 0.1) is 10.6 Å². The number of amides is 1. The molecular weight excluding hydrogens is 434 g/mol. The highest BCUT2D eigenvalue weighted by molar-refractivity contribution is 7.90. The van der Waals surface area contributed by atoms with Crippen LogP contribution in [0, 0.1) is 6.92 Å². The van der Waals surface area contributed by atoms with E-state index in [1.165, 1.54) is 0 Å². The maximum absolute atomic E-state index is 13.3. The van der Waals surface area contributed by atoms with Gasteiger partial charge >= 0.3 is 0 Å². The molecule has 0 radical (unpaired) electrons. The van der Waals surface area contributed by atoms with E-state index in [-0.39, 0.29) is 23.1 Å². The van der Waals surface area contributed by atoms with Gasteiger partial charge in [-0.05, 0) is 42.8 Å². The first-order valence-corrected chi connectivity index (χ1v) is 12.3. The largest absolute Gasteiger partial charge is 0.378 e. The smallest absolute Gasteiger partial charge is 0.244 e. The predicted molar refractivity (Wildman–Crippen MR) is 133 cm³/mol. The monoisotopic (exact) mass is 461 g/mol. The van der Waals surface area contributed by atoms with Crippen molar-refractivity contribution in [1.82, 2.24) is 4.57 Å². The maximum Gasteiger partial charge on any atom is 0.244 e. The van der Waals surface area contributed by atoms with E-state index in [0.29, 0.717) is 16.6 Å². The minimum atomic E-state index is -3.60. The van der Waals surface area contributed by atoms with E-state index in [1.54, 1.807) is 16.8 Å². The normalized spacial score (nSPS) is 11.5. The highest BCUT2D eigenvalue weighted by atomic mass is 32.2. The molecule has 1 aromatic heterocycles. The van der Waals surface area contributed by atoms with Crippen molar-refractivity contribution in [2.24, 2.45) is 0 Å². The van der Waals surface area contributed by atoms with Gasteiger partial charge in [0.1, 0.15) is 6.54 Å². The van der Waals surface area contributed by atoms with Crippen molar-refractivity contribution in [2.75, 3.05) is 24.3 Å². The van der Waals surface area contributed by atoms with Crippen LogP contribution in [0.2, 0.25) is 0 Å². The SMILES string of the molecule is Cc1cccc(CS(=O)(=O)c2cn(CC(=O)Nc3ccc(N(C)C)cc3)c3ccccc23)c1. The first kappa shape index (κ1) is 22.6. The Balaban J connectivity index is 1.59. The van der Waals surface area contributed by atoms with Gasteiger partial charge < -0.3 is 14.8 Å². The summed E-state index contributed by atoms with van der Waals surface area (Å²) in [5.74, 6) is -0.316. The molecule has 0 spiro atoms. The Labute approximate surface area is 194 Å². The Morgan fingerprint density at radius 3 is 2.39 bits per heavy atom. The number of para-hydroxylation sites is 1. The van der Waals surface area contributed by atoms with E-state index in [4.69, 9.17) is 0 Å². The zero-order chi connectivity index (χ0) is 23.6. The summed E-state index contributed by atoms with van der Waals surface area (Å²) in [6.07, 6.45) is 1.57. The molecule has 1 N–H and O–H groups in total. The topological polar surface area (TPSA) is 71.4 Å². The summed E-state index contributed by atoms with van der Waals surface area (Å²) < 4.78 is 28.3. The van der Waals surface area contributed by atoms with Crippen LogP contribution in [-0.2, 0) is 26.9 Å². The van der Waals surface area contributed by atoms with Crippen LogP contribution in [0.4, 0.5) is 11.4 Å². The number of hydrogen-bond acceptors (Lipinski definition) is 4. The molecule has 3 aromatic carbocycles. The van der Waals surface area contributed by atoms with Crippen molar-refractivity contribution in [3.8, 4) is 0 Å². The summed E-state index contributed by atoms with van der Waals surface area (Å²) in [6.45, 7) is 1.95. The number of carbonyl (C=O) groups is 1. The number of aromatic nitrogens is 1. The Hall–Kier alpha value is -3.58. The van der Waals surface area contributed by atoms with Crippen LogP contribution in [0.1, 0.15) is 11.1 Å². The van der Waals surface area contributed by atoms with Gasteiger partial charge in [-0.2, -0.15) is 0 Å². The molecule has 170 valence electrons. The lowest BCUT2D eigenvalue weighted by Crippen LogP contribution is -2.18. The number of benzene rings is 3. The minimum Gasteiger partial charge on any atom is -0.378 e. The molecule has 0 aliphatic carbocycles. The van der Waals surface area contributed by atoms with Crippen molar-refractivity contribution >= 4 is 38.0 Å². The third-order valence-electron chi connectivity index (χ3n) is 5.51. The van der Waals surface area contributed by atoms with Crippen molar-refractivity contribution in [3.05, 3.63) is 90.1 Å². The quantitative estimate of drug-likeness (QED) is 0.436. The highest BCUT2D eigenvalue weighted by Gasteiger charge is 2.22. The Morgan fingerprint density at radius 2 is 1.70 bits per heavy atom. The number of aryl methyl sites for hydroxylation is 1. The van der Waals surface area contributed by atoms with Gasteiger partial charge in [0.15, 0.2) is 9.84 Å². The zero-order valence-electron chi connectivity index (χ0n) is 18.9. The predicted octanol–water partition coefficient (Wildman–Crippen LogP) is 4.63. The molecule has 1 amide bonds. The van der Waals surface area contributed by atoms with E-state index in [9.17, 15) is 13.2 Å². The number of rotatable bonds is 7. The average Bonchev–Trinajstić information content (AvgIpc) is 3.13. The third kappa shape index (κ3) is 5.09. The van der Waals surface area contributed by atoms with Crippen LogP contribution in [0.15, 0.2) is 83.9 Å². The van der Waals surface area contributed by atoms with Crippen LogP contribution < -0.4 is 10.2 Å². The van der Waals surface area contributed by atoms with Gasteiger partial charge in [-0.25, -0.2) is 8.42 Å². The first-order chi connectivity index (χ1) is 15.7. The summed E-state index contributed by atoms with van der Waals surface area (Å²) in [4.78, 5) is 15.0. The number of hydrogen-bond donors (Lipinski definition) is 1. The Bertz CT molecular complexity index is 1400. The molecule has 7 heteroatoms. The first-order valence-electron chi connectivity index (χ1n) is 10.7. The molecule has 6 nitrogen and oxygen atoms in total. The van der Waals surface area contributed by atoms with Crippen molar-refractivity contribution in [1.29, 1.82) is 0 Å². The Morgan fingerprint density at radius 1 is 0.970 bits per heavy atom. The van der Waals surface area contributed by atoms with Crippen molar-refractivity contribution < 1.29 is 13.2 Å². The molecule has 0 saturated heterocycles. The van der Waals surface area contributed by atoms with Gasteiger partial charge in [-0.15, -0.1) is 0 Å². The lowest BCUT2D eigenvalue weighted by atomic mass is 10.2. The van der Waals surface area contributed by atoms with Crippen LogP contribution >= 0.6 is 0 Å². The number of sulfone groups is 1. The zero-order valence-corrected chi connectivity index (χ0v) is 19.8. The summed E-state index contributed by atoms with van der Waals surface area (Å²) in [5, 5.41) is 3.51. The molecule has 4 aromatic rings. The van der Waals surface area contributed by atoms with E-state index in [1.807, 2.05) is 92.6 Å².